The van der Waals surface area contributed by atoms with E-state index in [9.17, 15) is 4.79 Å². The first-order chi connectivity index (χ1) is 8.67. The van der Waals surface area contributed by atoms with E-state index in [1.165, 1.54) is 16.7 Å². The minimum atomic E-state index is 0.212. The van der Waals surface area contributed by atoms with E-state index in [1.54, 1.807) is 0 Å². The first-order valence-corrected chi connectivity index (χ1v) is 6.97. The first-order valence-electron chi connectivity index (χ1n) is 6.97. The second-order valence-corrected chi connectivity index (χ2v) is 5.75. The van der Waals surface area contributed by atoms with Crippen LogP contribution >= 0.6 is 0 Å². The molecule has 1 nitrogen and oxygen atoms in total. The number of carbonyl (C=O) groups is 1. The summed E-state index contributed by atoms with van der Waals surface area (Å²) in [5.74, 6) is 0.850. The van der Waals surface area contributed by atoms with E-state index in [2.05, 4.69) is 44.2 Å². The Morgan fingerprint density at radius 3 is 3.00 bits per heavy atom. The summed E-state index contributed by atoms with van der Waals surface area (Å²) in [6.07, 6.45) is 8.17. The molecule has 1 aromatic rings. The van der Waals surface area contributed by atoms with Crippen LogP contribution in [0.4, 0.5) is 0 Å². The lowest BCUT2D eigenvalue weighted by atomic mass is 9.58. The van der Waals surface area contributed by atoms with Gasteiger partial charge in [0.1, 0.15) is 5.78 Å². The molecule has 3 rings (SSSR count). The summed E-state index contributed by atoms with van der Waals surface area (Å²) >= 11 is 0. The lowest BCUT2D eigenvalue weighted by Crippen LogP contribution is -2.41. The number of benzene rings is 1. The molecule has 0 spiro atoms. The number of rotatable bonds is 1. The molecule has 1 heteroatoms. The van der Waals surface area contributed by atoms with E-state index in [0.717, 1.165) is 25.7 Å². The van der Waals surface area contributed by atoms with Gasteiger partial charge >= 0.3 is 0 Å². The predicted octanol–water partition coefficient (Wildman–Crippen LogP) is 4.04. The van der Waals surface area contributed by atoms with E-state index in [0.29, 0.717) is 11.7 Å². The molecule has 2 aliphatic carbocycles. The van der Waals surface area contributed by atoms with Crippen LogP contribution in [0.25, 0.3) is 6.08 Å². The summed E-state index contributed by atoms with van der Waals surface area (Å²) in [7, 11) is 0. The maximum absolute atomic E-state index is 11.7. The molecule has 0 aromatic heterocycles. The fraction of sp³-hybridized carbons (Fsp3) is 0.471. The summed E-state index contributed by atoms with van der Waals surface area (Å²) in [4.78, 5) is 11.7. The molecular weight excluding hydrogens is 220 g/mol. The minimum absolute atomic E-state index is 0.212. The molecule has 94 valence electrons. The standard InChI is InChI=1S/C17H20O/c1-3-17-10-9-14(18)11-13(17)7-8-15-12(2)5-4-6-16(15)17/h4-8,13H,3,9-11H2,1-2H3/t13-,17+/m1/s1. The quantitative estimate of drug-likeness (QED) is 0.724. The Hall–Kier alpha value is -1.37. The van der Waals surface area contributed by atoms with Crippen molar-refractivity contribution < 1.29 is 4.79 Å². The Kier molecular flexibility index (Phi) is 2.65. The van der Waals surface area contributed by atoms with Gasteiger partial charge in [0.15, 0.2) is 0 Å². The third-order valence-corrected chi connectivity index (χ3v) is 4.99. The summed E-state index contributed by atoms with van der Waals surface area (Å²) in [5, 5.41) is 0. The van der Waals surface area contributed by atoms with Crippen LogP contribution in [0, 0.1) is 12.8 Å². The normalized spacial score (nSPS) is 29.9. The Morgan fingerprint density at radius 1 is 1.39 bits per heavy atom. The highest BCUT2D eigenvalue weighted by molar-refractivity contribution is 5.81. The molecule has 2 aliphatic rings. The summed E-state index contributed by atoms with van der Waals surface area (Å²) < 4.78 is 0. The SMILES string of the molecule is CC[C@]12CCC(=O)C[C@H]1C=Cc1c(C)cccc12. The van der Waals surface area contributed by atoms with Gasteiger partial charge in [-0.15, -0.1) is 0 Å². The van der Waals surface area contributed by atoms with Gasteiger partial charge in [-0.2, -0.15) is 0 Å². The molecule has 0 saturated heterocycles. The van der Waals surface area contributed by atoms with Crippen molar-refractivity contribution in [3.63, 3.8) is 0 Å². The maximum atomic E-state index is 11.7. The van der Waals surface area contributed by atoms with E-state index in [-0.39, 0.29) is 5.41 Å². The Balaban J connectivity index is 2.18. The fourth-order valence-corrected chi connectivity index (χ4v) is 3.86. The molecule has 0 amide bonds. The number of ketones is 1. The van der Waals surface area contributed by atoms with Crippen LogP contribution in [0.2, 0.25) is 0 Å². The van der Waals surface area contributed by atoms with Crippen molar-refractivity contribution in [1.29, 1.82) is 0 Å². The highest BCUT2D eigenvalue weighted by atomic mass is 16.1. The van der Waals surface area contributed by atoms with Gasteiger partial charge in [0.05, 0.1) is 0 Å². The molecule has 18 heavy (non-hydrogen) atoms. The molecule has 0 bridgehead atoms. The number of carbonyl (C=O) groups excluding carboxylic acids is 1. The molecule has 0 N–H and O–H groups in total. The zero-order valence-corrected chi connectivity index (χ0v) is 11.2. The lowest BCUT2D eigenvalue weighted by Gasteiger charge is -2.45. The summed E-state index contributed by atoms with van der Waals surface area (Å²) in [5.41, 5.74) is 4.44. The summed E-state index contributed by atoms with van der Waals surface area (Å²) in [6.45, 7) is 4.45. The van der Waals surface area contributed by atoms with Crippen LogP contribution in [-0.4, -0.2) is 5.78 Å². The number of allylic oxidation sites excluding steroid dienone is 1. The fourth-order valence-electron chi connectivity index (χ4n) is 3.86. The van der Waals surface area contributed by atoms with E-state index in [1.807, 2.05) is 0 Å². The van der Waals surface area contributed by atoms with E-state index in [4.69, 9.17) is 0 Å². The van der Waals surface area contributed by atoms with Crippen molar-refractivity contribution in [3.05, 3.63) is 41.0 Å². The average Bonchev–Trinajstić information content (AvgIpc) is 2.38. The summed E-state index contributed by atoms with van der Waals surface area (Å²) in [6, 6.07) is 6.62. The molecular formula is C17H20O. The Labute approximate surface area is 109 Å². The van der Waals surface area contributed by atoms with Crippen LogP contribution in [0.1, 0.15) is 49.3 Å². The topological polar surface area (TPSA) is 17.1 Å². The van der Waals surface area contributed by atoms with E-state index >= 15 is 0 Å². The second kappa shape index (κ2) is 4.08. The molecule has 0 radical (unpaired) electrons. The number of aryl methyl sites for hydroxylation is 1. The van der Waals surface area contributed by atoms with Crippen molar-refractivity contribution in [2.24, 2.45) is 5.92 Å². The Bertz CT molecular complexity index is 526. The highest BCUT2D eigenvalue weighted by Gasteiger charge is 2.44. The molecule has 1 aromatic carbocycles. The van der Waals surface area contributed by atoms with Crippen molar-refractivity contribution in [2.75, 3.05) is 0 Å². The largest absolute Gasteiger partial charge is 0.300 e. The van der Waals surface area contributed by atoms with Gasteiger partial charge in [0, 0.05) is 18.3 Å². The van der Waals surface area contributed by atoms with Gasteiger partial charge in [-0.3, -0.25) is 4.79 Å². The molecule has 1 fully saturated rings. The van der Waals surface area contributed by atoms with Gasteiger partial charge < -0.3 is 0 Å². The average molecular weight is 240 g/mol. The molecule has 0 heterocycles. The van der Waals surface area contributed by atoms with Crippen LogP contribution in [0.5, 0.6) is 0 Å². The van der Waals surface area contributed by atoms with Crippen molar-refractivity contribution in [1.82, 2.24) is 0 Å². The smallest absolute Gasteiger partial charge is 0.133 e. The number of Topliss-reactive ketones (excluding diaryl/α,β-unsaturated/α-hetero) is 1. The Morgan fingerprint density at radius 2 is 2.22 bits per heavy atom. The van der Waals surface area contributed by atoms with Gasteiger partial charge in [-0.05, 0) is 42.4 Å². The van der Waals surface area contributed by atoms with Gasteiger partial charge in [-0.25, -0.2) is 0 Å². The second-order valence-electron chi connectivity index (χ2n) is 5.75. The molecule has 1 saturated carbocycles. The van der Waals surface area contributed by atoms with Crippen molar-refractivity contribution in [3.8, 4) is 0 Å². The van der Waals surface area contributed by atoms with E-state index < -0.39 is 0 Å². The third-order valence-electron chi connectivity index (χ3n) is 4.99. The predicted molar refractivity (Wildman–Crippen MR) is 74.5 cm³/mol. The number of fused-ring (bicyclic) bond motifs is 3. The minimum Gasteiger partial charge on any atom is -0.300 e. The van der Waals surface area contributed by atoms with Crippen LogP contribution < -0.4 is 0 Å². The van der Waals surface area contributed by atoms with Gasteiger partial charge in [0.2, 0.25) is 0 Å². The first kappa shape index (κ1) is 11.7. The molecule has 0 unspecified atom stereocenters. The van der Waals surface area contributed by atoms with Crippen LogP contribution in [-0.2, 0) is 10.2 Å². The molecule has 0 aliphatic heterocycles. The zero-order valence-electron chi connectivity index (χ0n) is 11.2. The monoisotopic (exact) mass is 240 g/mol. The van der Waals surface area contributed by atoms with Crippen LogP contribution in [0.15, 0.2) is 24.3 Å². The van der Waals surface area contributed by atoms with Crippen molar-refractivity contribution in [2.45, 2.75) is 44.9 Å². The number of hydrogen-bond donors (Lipinski definition) is 0. The zero-order chi connectivity index (χ0) is 12.8. The maximum Gasteiger partial charge on any atom is 0.133 e. The number of hydrogen-bond acceptors (Lipinski definition) is 1. The molecule has 2 atom stereocenters. The van der Waals surface area contributed by atoms with Crippen molar-refractivity contribution >= 4 is 11.9 Å². The highest BCUT2D eigenvalue weighted by Crippen LogP contribution is 2.50. The van der Waals surface area contributed by atoms with Crippen LogP contribution in [0.3, 0.4) is 0 Å². The third kappa shape index (κ3) is 1.50. The lowest BCUT2D eigenvalue weighted by molar-refractivity contribution is -0.122. The van der Waals surface area contributed by atoms with Gasteiger partial charge in [0.25, 0.3) is 0 Å². The van der Waals surface area contributed by atoms with Gasteiger partial charge in [-0.1, -0.05) is 37.3 Å².